The molecule has 0 aliphatic rings. The number of nitrogens with zero attached hydrogens (tertiary/aromatic N) is 2. The molecule has 1 aromatic carbocycles. The first-order chi connectivity index (χ1) is 12.5. The molecule has 0 bridgehead atoms. The minimum Gasteiger partial charge on any atom is -0.481 e. The molecule has 0 saturated carbocycles. The number of halogens is 1. The molecular formula is C19H20FN3O3. The molecule has 0 radical (unpaired) electrons. The van der Waals surface area contributed by atoms with Crippen LogP contribution < -0.4 is 10.1 Å². The Kier molecular flexibility index (Phi) is 5.36. The molecule has 136 valence electrons. The number of benzene rings is 1. The van der Waals surface area contributed by atoms with E-state index in [1.54, 1.807) is 24.5 Å². The van der Waals surface area contributed by atoms with Crippen molar-refractivity contribution in [2.24, 2.45) is 0 Å². The predicted octanol–water partition coefficient (Wildman–Crippen LogP) is 3.02. The van der Waals surface area contributed by atoms with E-state index in [-0.39, 0.29) is 30.9 Å². The lowest BCUT2D eigenvalue weighted by atomic mass is 10.2. The van der Waals surface area contributed by atoms with Gasteiger partial charge in [-0.1, -0.05) is 12.1 Å². The molecule has 0 spiro atoms. The number of nitrogens with one attached hydrogen (secondary N) is 1. The molecule has 7 heteroatoms. The molecule has 26 heavy (non-hydrogen) atoms. The van der Waals surface area contributed by atoms with Crippen LogP contribution >= 0.6 is 0 Å². The van der Waals surface area contributed by atoms with Gasteiger partial charge < -0.3 is 14.5 Å². The van der Waals surface area contributed by atoms with Crippen molar-refractivity contribution in [3.63, 3.8) is 0 Å². The first kappa shape index (κ1) is 17.7. The number of carbonyl (C=O) groups is 1. The highest BCUT2D eigenvalue weighted by Crippen LogP contribution is 2.20. The molecule has 1 N–H and O–H groups in total. The van der Waals surface area contributed by atoms with Crippen LogP contribution in [0.3, 0.4) is 0 Å². The summed E-state index contributed by atoms with van der Waals surface area (Å²) in [6.45, 7) is 3.85. The van der Waals surface area contributed by atoms with Crippen LogP contribution in [0, 0.1) is 19.7 Å². The van der Waals surface area contributed by atoms with E-state index in [1.807, 2.05) is 30.7 Å². The van der Waals surface area contributed by atoms with Gasteiger partial charge in [0.25, 0.3) is 5.91 Å². The van der Waals surface area contributed by atoms with E-state index < -0.39 is 5.82 Å². The molecule has 0 aliphatic carbocycles. The van der Waals surface area contributed by atoms with Crippen molar-refractivity contribution in [2.45, 2.75) is 19.9 Å². The average Bonchev–Trinajstić information content (AvgIpc) is 3.25. The number of furan rings is 1. The monoisotopic (exact) mass is 357 g/mol. The SMILES string of the molecule is Cc1cc(C)n(C(CNC(=O)COc2ccccc2F)c2ccco2)n1. The fourth-order valence-corrected chi connectivity index (χ4v) is 2.72. The first-order valence-corrected chi connectivity index (χ1v) is 8.25. The second kappa shape index (κ2) is 7.86. The van der Waals surface area contributed by atoms with Gasteiger partial charge in [-0.15, -0.1) is 0 Å². The maximum Gasteiger partial charge on any atom is 0.258 e. The lowest BCUT2D eigenvalue weighted by molar-refractivity contribution is -0.123. The minimum atomic E-state index is -0.503. The topological polar surface area (TPSA) is 69.3 Å². The lowest BCUT2D eigenvalue weighted by Gasteiger charge is -2.18. The lowest BCUT2D eigenvalue weighted by Crippen LogP contribution is -2.35. The molecule has 0 saturated heterocycles. The van der Waals surface area contributed by atoms with Crippen LogP contribution in [0.5, 0.6) is 5.75 Å². The van der Waals surface area contributed by atoms with Crippen LogP contribution in [0.15, 0.2) is 53.1 Å². The van der Waals surface area contributed by atoms with Gasteiger partial charge in [0.2, 0.25) is 0 Å². The van der Waals surface area contributed by atoms with Crippen LogP contribution in [0.2, 0.25) is 0 Å². The van der Waals surface area contributed by atoms with Crippen molar-refractivity contribution in [1.82, 2.24) is 15.1 Å². The summed E-state index contributed by atoms with van der Waals surface area (Å²) in [6, 6.07) is 11.3. The van der Waals surface area contributed by atoms with E-state index in [1.165, 1.54) is 12.1 Å². The molecule has 1 amide bonds. The van der Waals surface area contributed by atoms with Gasteiger partial charge in [-0.3, -0.25) is 9.48 Å². The third-order valence-corrected chi connectivity index (χ3v) is 3.90. The van der Waals surface area contributed by atoms with Gasteiger partial charge >= 0.3 is 0 Å². The number of hydrogen-bond acceptors (Lipinski definition) is 4. The summed E-state index contributed by atoms with van der Waals surface area (Å²) in [4.78, 5) is 12.1. The van der Waals surface area contributed by atoms with Crippen molar-refractivity contribution in [3.05, 3.63) is 71.7 Å². The Bertz CT molecular complexity index is 874. The third-order valence-electron chi connectivity index (χ3n) is 3.90. The largest absolute Gasteiger partial charge is 0.481 e. The van der Waals surface area contributed by atoms with E-state index in [9.17, 15) is 9.18 Å². The van der Waals surface area contributed by atoms with Gasteiger partial charge in [0.05, 0.1) is 12.0 Å². The second-order valence-electron chi connectivity index (χ2n) is 5.93. The summed E-state index contributed by atoms with van der Waals surface area (Å²) in [5.74, 6) is -0.127. The Morgan fingerprint density at radius 2 is 2.12 bits per heavy atom. The molecular weight excluding hydrogens is 337 g/mol. The molecule has 0 aliphatic heterocycles. The molecule has 2 aromatic heterocycles. The fraction of sp³-hybridized carbons (Fsp3) is 0.263. The average molecular weight is 357 g/mol. The molecule has 1 unspecified atom stereocenters. The van der Waals surface area contributed by atoms with Crippen LogP contribution in [0.4, 0.5) is 4.39 Å². The number of hydrogen-bond donors (Lipinski definition) is 1. The molecule has 6 nitrogen and oxygen atoms in total. The van der Waals surface area contributed by atoms with Crippen molar-refractivity contribution < 1.29 is 18.3 Å². The van der Waals surface area contributed by atoms with Crippen molar-refractivity contribution in [2.75, 3.05) is 13.2 Å². The summed E-state index contributed by atoms with van der Waals surface area (Å²) < 4.78 is 26.1. The van der Waals surface area contributed by atoms with Crippen molar-refractivity contribution in [1.29, 1.82) is 0 Å². The number of amides is 1. The standard InChI is InChI=1S/C19H20FN3O3/c1-13-10-14(2)23(22-13)16(18-8-5-9-25-18)11-21-19(24)12-26-17-7-4-3-6-15(17)20/h3-10,16H,11-12H2,1-2H3,(H,21,24). The second-order valence-corrected chi connectivity index (χ2v) is 5.93. The maximum absolute atomic E-state index is 13.5. The Morgan fingerprint density at radius 3 is 2.77 bits per heavy atom. The van der Waals surface area contributed by atoms with Crippen LogP contribution in [0.1, 0.15) is 23.2 Å². The maximum atomic E-state index is 13.5. The van der Waals surface area contributed by atoms with Gasteiger partial charge in [0.15, 0.2) is 18.2 Å². The first-order valence-electron chi connectivity index (χ1n) is 8.25. The summed E-state index contributed by atoms with van der Waals surface area (Å²) in [6.07, 6.45) is 1.58. The number of carbonyl (C=O) groups excluding carboxylic acids is 1. The number of para-hydroxylation sites is 1. The highest BCUT2D eigenvalue weighted by atomic mass is 19.1. The summed E-state index contributed by atoms with van der Waals surface area (Å²) >= 11 is 0. The van der Waals surface area contributed by atoms with Crippen LogP contribution in [-0.2, 0) is 4.79 Å². The molecule has 0 fully saturated rings. The normalized spacial score (nSPS) is 12.0. The molecule has 3 rings (SSSR count). The summed E-state index contributed by atoms with van der Waals surface area (Å²) in [5.41, 5.74) is 1.84. The Labute approximate surface area is 150 Å². The number of rotatable bonds is 7. The highest BCUT2D eigenvalue weighted by Gasteiger charge is 2.20. The Balaban J connectivity index is 1.64. The van der Waals surface area contributed by atoms with E-state index in [0.29, 0.717) is 5.76 Å². The smallest absolute Gasteiger partial charge is 0.258 e. The fourth-order valence-electron chi connectivity index (χ4n) is 2.72. The van der Waals surface area contributed by atoms with E-state index >= 15 is 0 Å². The molecule has 1 atom stereocenters. The predicted molar refractivity (Wildman–Crippen MR) is 93.5 cm³/mol. The Hall–Kier alpha value is -3.09. The minimum absolute atomic E-state index is 0.0452. The highest BCUT2D eigenvalue weighted by molar-refractivity contribution is 5.77. The van der Waals surface area contributed by atoms with Crippen molar-refractivity contribution >= 4 is 5.91 Å². The van der Waals surface area contributed by atoms with Crippen LogP contribution in [0.25, 0.3) is 0 Å². The van der Waals surface area contributed by atoms with Gasteiger partial charge in [-0.2, -0.15) is 5.10 Å². The quantitative estimate of drug-likeness (QED) is 0.706. The zero-order chi connectivity index (χ0) is 18.5. The number of ether oxygens (including phenoxy) is 1. The van der Waals surface area contributed by atoms with Gasteiger partial charge in [0.1, 0.15) is 11.8 Å². The Morgan fingerprint density at radius 1 is 1.31 bits per heavy atom. The number of aromatic nitrogens is 2. The van der Waals surface area contributed by atoms with E-state index in [2.05, 4.69) is 10.4 Å². The number of aryl methyl sites for hydroxylation is 2. The molecule has 3 aromatic rings. The third kappa shape index (κ3) is 4.11. The zero-order valence-corrected chi connectivity index (χ0v) is 14.6. The summed E-state index contributed by atoms with van der Waals surface area (Å²) in [7, 11) is 0. The summed E-state index contributed by atoms with van der Waals surface area (Å²) in [5, 5.41) is 7.26. The van der Waals surface area contributed by atoms with E-state index in [4.69, 9.17) is 9.15 Å². The zero-order valence-electron chi connectivity index (χ0n) is 14.6. The van der Waals surface area contributed by atoms with Crippen molar-refractivity contribution in [3.8, 4) is 5.75 Å². The van der Waals surface area contributed by atoms with Crippen LogP contribution in [-0.4, -0.2) is 28.8 Å². The van der Waals surface area contributed by atoms with Gasteiger partial charge in [-0.25, -0.2) is 4.39 Å². The van der Waals surface area contributed by atoms with E-state index in [0.717, 1.165) is 11.4 Å². The molecule has 2 heterocycles. The van der Waals surface area contributed by atoms with Gasteiger partial charge in [-0.05, 0) is 44.2 Å². The van der Waals surface area contributed by atoms with Gasteiger partial charge in [0, 0.05) is 12.2 Å².